The Hall–Kier alpha value is -1.53. The van der Waals surface area contributed by atoms with E-state index in [9.17, 15) is 9.90 Å². The number of thioether (sulfide) groups is 1. The van der Waals surface area contributed by atoms with E-state index in [4.69, 9.17) is 0 Å². The summed E-state index contributed by atoms with van der Waals surface area (Å²) in [6.45, 7) is 6.45. The van der Waals surface area contributed by atoms with Crippen LogP contribution in [0.1, 0.15) is 25.8 Å². The average molecular weight is 307 g/mol. The van der Waals surface area contributed by atoms with Crippen molar-refractivity contribution in [3.05, 3.63) is 23.8 Å². The highest BCUT2D eigenvalue weighted by Gasteiger charge is 2.32. The third-order valence-electron chi connectivity index (χ3n) is 3.35. The molecule has 1 unspecified atom stereocenters. The van der Waals surface area contributed by atoms with E-state index >= 15 is 0 Å². The number of nitrogens with zero attached hydrogens (tertiary/aromatic N) is 1. The van der Waals surface area contributed by atoms with Gasteiger partial charge in [-0.3, -0.25) is 4.79 Å². The molecule has 2 rings (SSSR count). The standard InChI is InChI=1S/C15H21N3O2S/c1-4-7-16-15(3,13(19)20)9-21-14-17-11-6-5-10(2)8-12(11)18-14/h5-6,8,16H,4,7,9H2,1-3H3,(H,17,18)(H,19,20). The minimum Gasteiger partial charge on any atom is -0.480 e. The van der Waals surface area contributed by atoms with Gasteiger partial charge in [0, 0.05) is 5.75 Å². The predicted octanol–water partition coefficient (Wildman–Crippen LogP) is 2.81. The van der Waals surface area contributed by atoms with E-state index in [0.29, 0.717) is 12.3 Å². The van der Waals surface area contributed by atoms with Crippen LogP contribution in [0.25, 0.3) is 11.0 Å². The van der Waals surface area contributed by atoms with Gasteiger partial charge in [0.15, 0.2) is 5.16 Å². The number of fused-ring (bicyclic) bond motifs is 1. The largest absolute Gasteiger partial charge is 0.480 e. The Morgan fingerprint density at radius 2 is 2.29 bits per heavy atom. The van der Waals surface area contributed by atoms with Crippen molar-refractivity contribution in [3.63, 3.8) is 0 Å². The van der Waals surface area contributed by atoms with Gasteiger partial charge in [-0.25, -0.2) is 4.98 Å². The van der Waals surface area contributed by atoms with Crippen molar-refractivity contribution in [2.24, 2.45) is 0 Å². The summed E-state index contributed by atoms with van der Waals surface area (Å²) < 4.78 is 0. The molecule has 1 atom stereocenters. The molecule has 3 N–H and O–H groups in total. The molecular weight excluding hydrogens is 286 g/mol. The highest BCUT2D eigenvalue weighted by molar-refractivity contribution is 7.99. The van der Waals surface area contributed by atoms with E-state index in [0.717, 1.165) is 22.6 Å². The number of aromatic nitrogens is 2. The Morgan fingerprint density at radius 3 is 2.95 bits per heavy atom. The number of aryl methyl sites for hydroxylation is 1. The molecule has 21 heavy (non-hydrogen) atoms. The first-order chi connectivity index (χ1) is 9.94. The molecule has 1 aromatic carbocycles. The summed E-state index contributed by atoms with van der Waals surface area (Å²) in [4.78, 5) is 19.2. The van der Waals surface area contributed by atoms with Crippen LogP contribution in [0.2, 0.25) is 0 Å². The molecule has 0 radical (unpaired) electrons. The molecule has 0 spiro atoms. The van der Waals surface area contributed by atoms with Crippen LogP contribution in [0, 0.1) is 6.92 Å². The lowest BCUT2D eigenvalue weighted by Gasteiger charge is -2.25. The van der Waals surface area contributed by atoms with E-state index in [2.05, 4.69) is 15.3 Å². The quantitative estimate of drug-likeness (QED) is 0.686. The number of aromatic amines is 1. The molecule has 0 fully saturated rings. The van der Waals surface area contributed by atoms with Gasteiger partial charge in [0.2, 0.25) is 0 Å². The number of hydrogen-bond acceptors (Lipinski definition) is 4. The first kappa shape index (κ1) is 15.9. The maximum atomic E-state index is 11.5. The predicted molar refractivity (Wildman–Crippen MR) is 85.9 cm³/mol. The molecule has 0 saturated heterocycles. The van der Waals surface area contributed by atoms with Gasteiger partial charge in [-0.15, -0.1) is 0 Å². The molecule has 114 valence electrons. The number of imidazole rings is 1. The fourth-order valence-electron chi connectivity index (χ4n) is 1.97. The zero-order valence-corrected chi connectivity index (χ0v) is 13.4. The van der Waals surface area contributed by atoms with Crippen molar-refractivity contribution >= 4 is 28.8 Å². The third-order valence-corrected chi connectivity index (χ3v) is 4.54. The van der Waals surface area contributed by atoms with E-state index in [1.165, 1.54) is 17.3 Å². The SMILES string of the molecule is CCCNC(C)(CSc1nc2ccc(C)cc2[nH]1)C(=O)O. The molecule has 1 aromatic heterocycles. The van der Waals surface area contributed by atoms with Crippen molar-refractivity contribution < 1.29 is 9.90 Å². The van der Waals surface area contributed by atoms with Gasteiger partial charge in [-0.2, -0.15) is 0 Å². The van der Waals surface area contributed by atoms with Crippen molar-refractivity contribution in [1.29, 1.82) is 0 Å². The Kier molecular flexibility index (Phi) is 4.90. The van der Waals surface area contributed by atoms with Gasteiger partial charge in [0.1, 0.15) is 5.54 Å². The summed E-state index contributed by atoms with van der Waals surface area (Å²) in [7, 11) is 0. The first-order valence-corrected chi connectivity index (χ1v) is 8.01. The molecular formula is C15H21N3O2S. The molecule has 6 heteroatoms. The lowest BCUT2D eigenvalue weighted by Crippen LogP contribution is -2.51. The summed E-state index contributed by atoms with van der Waals surface area (Å²) in [5, 5.41) is 13.3. The number of aliphatic carboxylic acids is 1. The van der Waals surface area contributed by atoms with Crippen molar-refractivity contribution in [2.75, 3.05) is 12.3 Å². The van der Waals surface area contributed by atoms with Gasteiger partial charge >= 0.3 is 5.97 Å². The van der Waals surface area contributed by atoms with Crippen LogP contribution in [0.5, 0.6) is 0 Å². The number of nitrogens with one attached hydrogen (secondary N) is 2. The smallest absolute Gasteiger partial charge is 0.324 e. The van der Waals surface area contributed by atoms with Gasteiger partial charge in [-0.05, 0) is 44.5 Å². The average Bonchev–Trinajstić information content (AvgIpc) is 2.84. The molecule has 0 aliphatic heterocycles. The van der Waals surface area contributed by atoms with E-state index in [-0.39, 0.29) is 0 Å². The maximum absolute atomic E-state index is 11.5. The third kappa shape index (κ3) is 3.77. The van der Waals surface area contributed by atoms with Gasteiger partial charge < -0.3 is 15.4 Å². The van der Waals surface area contributed by atoms with E-state index < -0.39 is 11.5 Å². The molecule has 5 nitrogen and oxygen atoms in total. The van der Waals surface area contributed by atoms with Crippen LogP contribution in [0.4, 0.5) is 0 Å². The number of rotatable bonds is 7. The second-order valence-corrected chi connectivity index (χ2v) is 6.38. The van der Waals surface area contributed by atoms with Gasteiger partial charge in [-0.1, -0.05) is 24.8 Å². The number of H-pyrrole nitrogens is 1. The normalized spacial score (nSPS) is 14.2. The molecule has 0 aliphatic carbocycles. The van der Waals surface area contributed by atoms with Gasteiger partial charge in [0.25, 0.3) is 0 Å². The number of carboxylic acid groups (broad SMARTS) is 1. The van der Waals surface area contributed by atoms with Crippen LogP contribution < -0.4 is 5.32 Å². The monoisotopic (exact) mass is 307 g/mol. The zero-order valence-electron chi connectivity index (χ0n) is 12.6. The summed E-state index contributed by atoms with van der Waals surface area (Å²) >= 11 is 1.43. The number of carboxylic acids is 1. The summed E-state index contributed by atoms with van der Waals surface area (Å²) in [5.74, 6) is -0.420. The lowest BCUT2D eigenvalue weighted by atomic mass is 10.1. The Balaban J connectivity index is 2.10. The van der Waals surface area contributed by atoms with E-state index in [1.807, 2.05) is 32.0 Å². The second-order valence-electron chi connectivity index (χ2n) is 5.42. The molecule has 0 saturated carbocycles. The van der Waals surface area contributed by atoms with Crippen molar-refractivity contribution in [1.82, 2.24) is 15.3 Å². The topological polar surface area (TPSA) is 78.0 Å². The van der Waals surface area contributed by atoms with Crippen LogP contribution in [0.3, 0.4) is 0 Å². The Labute approximate surface area is 128 Å². The fourth-order valence-corrected chi connectivity index (χ4v) is 2.97. The maximum Gasteiger partial charge on any atom is 0.324 e. The van der Waals surface area contributed by atoms with Crippen LogP contribution in [0.15, 0.2) is 23.4 Å². The number of benzene rings is 1. The second kappa shape index (κ2) is 6.49. The van der Waals surface area contributed by atoms with Crippen LogP contribution in [-0.4, -0.2) is 38.9 Å². The van der Waals surface area contributed by atoms with Gasteiger partial charge in [0.05, 0.1) is 11.0 Å². The number of hydrogen-bond donors (Lipinski definition) is 3. The summed E-state index contributed by atoms with van der Waals surface area (Å²) in [5.41, 5.74) is 2.11. The summed E-state index contributed by atoms with van der Waals surface area (Å²) in [6.07, 6.45) is 0.900. The molecule has 0 amide bonds. The van der Waals surface area contributed by atoms with Crippen molar-refractivity contribution in [2.45, 2.75) is 37.9 Å². The minimum absolute atomic E-state index is 0.418. The number of carbonyl (C=O) groups is 1. The van der Waals surface area contributed by atoms with Crippen LogP contribution >= 0.6 is 11.8 Å². The van der Waals surface area contributed by atoms with Crippen molar-refractivity contribution in [3.8, 4) is 0 Å². The zero-order chi connectivity index (χ0) is 15.5. The Morgan fingerprint density at radius 1 is 1.52 bits per heavy atom. The van der Waals surface area contributed by atoms with E-state index in [1.54, 1.807) is 6.92 Å². The fraction of sp³-hybridized carbons (Fsp3) is 0.467. The molecule has 0 aliphatic rings. The molecule has 1 heterocycles. The summed E-state index contributed by atoms with van der Waals surface area (Å²) in [6, 6.07) is 6.02. The molecule has 0 bridgehead atoms. The highest BCUT2D eigenvalue weighted by atomic mass is 32.2. The lowest BCUT2D eigenvalue weighted by molar-refractivity contribution is -0.143. The first-order valence-electron chi connectivity index (χ1n) is 7.02. The highest BCUT2D eigenvalue weighted by Crippen LogP contribution is 2.24. The van der Waals surface area contributed by atoms with Crippen LogP contribution in [-0.2, 0) is 4.79 Å². The minimum atomic E-state index is -0.949. The Bertz CT molecular complexity index is 641. The molecule has 2 aromatic rings.